The van der Waals surface area contributed by atoms with Gasteiger partial charge in [-0.15, -0.1) is 0 Å². The second-order valence-electron chi connectivity index (χ2n) is 7.22. The number of hydrogen-bond donors (Lipinski definition) is 2. The number of carbonyl (C=O) groups is 2. The molecule has 0 saturated heterocycles. The summed E-state index contributed by atoms with van der Waals surface area (Å²) in [4.78, 5) is 30.3. The van der Waals surface area contributed by atoms with Crippen molar-refractivity contribution in [2.45, 2.75) is 32.8 Å². The van der Waals surface area contributed by atoms with Gasteiger partial charge in [0.05, 0.1) is 24.8 Å². The zero-order chi connectivity index (χ0) is 20.7. The third-order valence-corrected chi connectivity index (χ3v) is 3.57. The van der Waals surface area contributed by atoms with Crippen LogP contribution in [0.2, 0.25) is 0 Å². The van der Waals surface area contributed by atoms with Crippen molar-refractivity contribution in [1.82, 2.24) is 9.88 Å². The van der Waals surface area contributed by atoms with Crippen LogP contribution < -0.4 is 16.2 Å². The normalized spacial score (nSPS) is 11.0. The number of imide groups is 1. The molecule has 0 radical (unpaired) electrons. The fraction of sp³-hybridized carbons (Fsp3) is 0.350. The number of benzene rings is 1. The van der Waals surface area contributed by atoms with E-state index in [9.17, 15) is 9.59 Å². The van der Waals surface area contributed by atoms with Gasteiger partial charge in [-0.1, -0.05) is 12.1 Å². The van der Waals surface area contributed by atoms with Crippen molar-refractivity contribution in [1.29, 1.82) is 0 Å². The topological polar surface area (TPSA) is 121 Å². The van der Waals surface area contributed by atoms with Gasteiger partial charge >= 0.3 is 6.09 Å². The highest BCUT2D eigenvalue weighted by Gasteiger charge is 2.27. The van der Waals surface area contributed by atoms with Gasteiger partial charge in [-0.25, -0.2) is 14.7 Å². The van der Waals surface area contributed by atoms with Crippen LogP contribution in [0.4, 0.5) is 16.2 Å². The first-order valence-corrected chi connectivity index (χ1v) is 8.86. The van der Waals surface area contributed by atoms with Crippen LogP contribution in [0.5, 0.6) is 5.88 Å². The van der Waals surface area contributed by atoms with Crippen LogP contribution in [-0.2, 0) is 16.0 Å². The highest BCUT2D eigenvalue weighted by Crippen LogP contribution is 2.13. The molecule has 4 N–H and O–H groups in total. The number of carbonyl (C=O) groups excluding carboxylic acids is 2. The molecule has 0 atom stereocenters. The number of hydrogen-bond acceptors (Lipinski definition) is 7. The minimum atomic E-state index is -0.726. The van der Waals surface area contributed by atoms with E-state index in [4.69, 9.17) is 20.9 Å². The van der Waals surface area contributed by atoms with Gasteiger partial charge in [0.25, 0.3) is 0 Å². The van der Waals surface area contributed by atoms with Crippen LogP contribution in [-0.4, -0.2) is 40.6 Å². The first-order chi connectivity index (χ1) is 13.1. The van der Waals surface area contributed by atoms with E-state index in [0.29, 0.717) is 17.3 Å². The predicted molar refractivity (Wildman–Crippen MR) is 107 cm³/mol. The summed E-state index contributed by atoms with van der Waals surface area (Å²) in [5, 5.41) is 0. The summed E-state index contributed by atoms with van der Waals surface area (Å²) in [6.45, 7) is 5.31. The number of rotatable bonds is 6. The molecule has 1 aromatic carbocycles. The first kappa shape index (κ1) is 21.0. The van der Waals surface area contributed by atoms with Crippen LogP contribution in [0.1, 0.15) is 26.3 Å². The van der Waals surface area contributed by atoms with Gasteiger partial charge < -0.3 is 20.9 Å². The molecule has 8 nitrogen and oxygen atoms in total. The van der Waals surface area contributed by atoms with Crippen LogP contribution in [0.25, 0.3) is 0 Å². The lowest BCUT2D eigenvalue weighted by Crippen LogP contribution is -2.43. The summed E-state index contributed by atoms with van der Waals surface area (Å²) in [5.74, 6) is -0.0443. The third-order valence-electron chi connectivity index (χ3n) is 3.57. The maximum absolute atomic E-state index is 12.7. The molecule has 0 unspecified atom stereocenters. The average molecular weight is 386 g/mol. The smallest absolute Gasteiger partial charge is 0.417 e. The minimum absolute atomic E-state index is 0.0226. The number of nitrogens with two attached hydrogens (primary N) is 2. The Hall–Kier alpha value is -3.29. The number of pyridine rings is 1. The van der Waals surface area contributed by atoms with E-state index in [2.05, 4.69) is 4.98 Å². The van der Waals surface area contributed by atoms with Crippen LogP contribution in [0.3, 0.4) is 0 Å². The van der Waals surface area contributed by atoms with Gasteiger partial charge in [0.2, 0.25) is 11.8 Å². The van der Waals surface area contributed by atoms with Crippen molar-refractivity contribution in [3.8, 4) is 5.88 Å². The molecule has 2 rings (SSSR count). The molecule has 0 aliphatic carbocycles. The zero-order valence-electron chi connectivity index (χ0n) is 16.3. The lowest BCUT2D eigenvalue weighted by molar-refractivity contribution is -0.130. The number of aromatic nitrogens is 1. The number of anilines is 2. The zero-order valence-corrected chi connectivity index (χ0v) is 16.3. The van der Waals surface area contributed by atoms with Crippen LogP contribution in [0.15, 0.2) is 42.6 Å². The Morgan fingerprint density at radius 1 is 1.04 bits per heavy atom. The van der Waals surface area contributed by atoms with Gasteiger partial charge in [0.1, 0.15) is 12.2 Å². The number of amides is 2. The molecule has 0 bridgehead atoms. The highest BCUT2D eigenvalue weighted by atomic mass is 16.6. The van der Waals surface area contributed by atoms with E-state index in [-0.39, 0.29) is 19.6 Å². The molecule has 0 aliphatic rings. The number of nitrogen functional groups attached to an aromatic ring is 2. The van der Waals surface area contributed by atoms with Gasteiger partial charge in [-0.3, -0.25) is 4.79 Å². The SMILES string of the molecule is CC(C)(C)OC(=O)N(CCOc1ccc(N)cn1)C(=O)Cc1ccc(N)cc1. The van der Waals surface area contributed by atoms with Crippen LogP contribution >= 0.6 is 0 Å². The van der Waals surface area contributed by atoms with Crippen molar-refractivity contribution < 1.29 is 19.1 Å². The Labute approximate surface area is 164 Å². The van der Waals surface area contributed by atoms with E-state index in [0.717, 1.165) is 10.5 Å². The number of nitrogens with zero attached hydrogens (tertiary/aromatic N) is 2. The van der Waals surface area contributed by atoms with Crippen LogP contribution in [0, 0.1) is 0 Å². The summed E-state index contributed by atoms with van der Waals surface area (Å²) in [6.07, 6.45) is 0.786. The second kappa shape index (κ2) is 9.07. The van der Waals surface area contributed by atoms with E-state index in [1.165, 1.54) is 6.20 Å². The Morgan fingerprint density at radius 3 is 2.25 bits per heavy atom. The Morgan fingerprint density at radius 2 is 1.68 bits per heavy atom. The van der Waals surface area contributed by atoms with Crippen molar-refractivity contribution in [3.63, 3.8) is 0 Å². The largest absolute Gasteiger partial charge is 0.476 e. The van der Waals surface area contributed by atoms with Gasteiger partial charge in [0, 0.05) is 11.8 Å². The summed E-state index contributed by atoms with van der Waals surface area (Å²) < 4.78 is 10.9. The molecule has 2 amide bonds. The third kappa shape index (κ3) is 6.79. The molecular weight excluding hydrogens is 360 g/mol. The van der Waals surface area contributed by atoms with Gasteiger partial charge in [-0.2, -0.15) is 0 Å². The van der Waals surface area contributed by atoms with E-state index in [1.807, 2.05) is 0 Å². The quantitative estimate of drug-likeness (QED) is 0.732. The molecule has 8 heteroatoms. The minimum Gasteiger partial charge on any atom is -0.476 e. The summed E-state index contributed by atoms with van der Waals surface area (Å²) in [5.41, 5.74) is 12.4. The maximum Gasteiger partial charge on any atom is 0.417 e. The van der Waals surface area contributed by atoms with E-state index >= 15 is 0 Å². The molecule has 1 heterocycles. The molecule has 0 fully saturated rings. The standard InChI is InChI=1S/C20H26N4O4/c1-20(2,3)28-19(26)24(10-11-27-17-9-8-16(22)13-23-17)18(25)12-14-4-6-15(21)7-5-14/h4-9,13H,10-12,21-22H2,1-3H3. The molecule has 1 aromatic heterocycles. The molecule has 0 spiro atoms. The molecule has 150 valence electrons. The molecular formula is C20H26N4O4. The van der Waals surface area contributed by atoms with Crippen molar-refractivity contribution >= 4 is 23.4 Å². The molecule has 2 aromatic rings. The van der Waals surface area contributed by atoms with Crippen molar-refractivity contribution in [2.24, 2.45) is 0 Å². The fourth-order valence-electron chi connectivity index (χ4n) is 2.26. The van der Waals surface area contributed by atoms with E-state index < -0.39 is 17.6 Å². The van der Waals surface area contributed by atoms with Gasteiger partial charge in [-0.05, 0) is 44.5 Å². The Kier molecular flexibility index (Phi) is 6.81. The Bertz CT molecular complexity index is 798. The molecule has 28 heavy (non-hydrogen) atoms. The summed E-state index contributed by atoms with van der Waals surface area (Å²) in [6, 6.07) is 10.2. The monoisotopic (exact) mass is 386 g/mol. The summed E-state index contributed by atoms with van der Waals surface area (Å²) in [7, 11) is 0. The molecule has 0 aliphatic heterocycles. The lowest BCUT2D eigenvalue weighted by Gasteiger charge is -2.26. The number of ether oxygens (including phenoxy) is 2. The lowest BCUT2D eigenvalue weighted by atomic mass is 10.1. The summed E-state index contributed by atoms with van der Waals surface area (Å²) >= 11 is 0. The fourth-order valence-corrected chi connectivity index (χ4v) is 2.26. The first-order valence-electron chi connectivity index (χ1n) is 8.86. The second-order valence-corrected chi connectivity index (χ2v) is 7.22. The predicted octanol–water partition coefficient (Wildman–Crippen LogP) is 2.63. The van der Waals surface area contributed by atoms with E-state index in [1.54, 1.807) is 57.2 Å². The maximum atomic E-state index is 12.7. The average Bonchev–Trinajstić information content (AvgIpc) is 2.60. The highest BCUT2D eigenvalue weighted by molar-refractivity contribution is 5.93. The molecule has 0 saturated carbocycles. The van der Waals surface area contributed by atoms with Crippen molar-refractivity contribution in [3.05, 3.63) is 48.2 Å². The van der Waals surface area contributed by atoms with Gasteiger partial charge in [0.15, 0.2) is 0 Å². The van der Waals surface area contributed by atoms with Crippen molar-refractivity contribution in [2.75, 3.05) is 24.6 Å². The Balaban J connectivity index is 2.04.